The molecule has 1 aromatic heterocycles. The minimum Gasteiger partial charge on any atom is -0.480 e. The number of aldehydes is 1. The van der Waals surface area contributed by atoms with Gasteiger partial charge in [0, 0.05) is 18.7 Å². The molecule has 2 heterocycles. The van der Waals surface area contributed by atoms with Crippen LogP contribution >= 0.6 is 0 Å². The fraction of sp³-hybridized carbons (Fsp3) is 0.500. The number of anilines is 1. The number of carboxylic acid groups (broad SMARTS) is 1. The topological polar surface area (TPSA) is 113 Å². The van der Waals surface area contributed by atoms with Gasteiger partial charge in [-0.2, -0.15) is 0 Å². The van der Waals surface area contributed by atoms with Crippen LogP contribution in [0.4, 0.5) is 5.69 Å². The summed E-state index contributed by atoms with van der Waals surface area (Å²) in [5.41, 5.74) is 0.186. The van der Waals surface area contributed by atoms with E-state index in [0.29, 0.717) is 30.4 Å². The van der Waals surface area contributed by atoms with Crippen LogP contribution in [0.25, 0.3) is 0 Å². The normalized spacial score (nSPS) is 18.7. The summed E-state index contributed by atoms with van der Waals surface area (Å²) in [6.07, 6.45) is 15.5. The van der Waals surface area contributed by atoms with E-state index < -0.39 is 12.0 Å². The summed E-state index contributed by atoms with van der Waals surface area (Å²) in [7, 11) is 0. The quantitative estimate of drug-likeness (QED) is 0.485. The first-order valence-corrected chi connectivity index (χ1v) is 9.69. The first kappa shape index (κ1) is 21.4. The second-order valence-corrected chi connectivity index (χ2v) is 6.75. The van der Waals surface area contributed by atoms with E-state index in [2.05, 4.69) is 15.6 Å². The highest BCUT2D eigenvalue weighted by atomic mass is 16.4. The number of carboxylic acids is 1. The third-order valence-electron chi connectivity index (χ3n) is 4.74. The number of fused-ring (bicyclic) bond motifs is 1. The van der Waals surface area contributed by atoms with E-state index in [-0.39, 0.29) is 5.56 Å². The molecule has 3 N–H and O–H groups in total. The molecule has 1 aliphatic carbocycles. The Morgan fingerprint density at radius 3 is 2.71 bits per heavy atom. The number of nitrogens with one attached hydrogen (secondary N) is 2. The van der Waals surface area contributed by atoms with Crippen molar-refractivity contribution in [3.05, 3.63) is 46.9 Å². The molecule has 28 heavy (non-hydrogen) atoms. The van der Waals surface area contributed by atoms with Crippen LogP contribution in [0.2, 0.25) is 0 Å². The number of aromatic nitrogens is 2. The molecule has 8 nitrogen and oxygen atoms in total. The molecule has 2 aliphatic rings. The monoisotopic (exact) mass is 388 g/mol. The summed E-state index contributed by atoms with van der Waals surface area (Å²) in [5.74, 6) is -0.380. The van der Waals surface area contributed by atoms with Crippen LogP contribution in [0.5, 0.6) is 0 Å². The van der Waals surface area contributed by atoms with Crippen LogP contribution in [0, 0.1) is 0 Å². The van der Waals surface area contributed by atoms with E-state index in [0.717, 1.165) is 25.5 Å². The summed E-state index contributed by atoms with van der Waals surface area (Å²) in [4.78, 5) is 37.4. The SMILES string of the molecule is CC/C=C/N/C=C\C=O.O=C(O)C1CCc2ncc(NC3CCCC3)c(=O)n21. The molecular weight excluding hydrogens is 360 g/mol. The Hall–Kier alpha value is -2.90. The number of hydrogen-bond donors (Lipinski definition) is 3. The molecule has 0 spiro atoms. The molecule has 1 saturated carbocycles. The van der Waals surface area contributed by atoms with Crippen molar-refractivity contribution < 1.29 is 14.7 Å². The van der Waals surface area contributed by atoms with Crippen molar-refractivity contribution in [3.8, 4) is 0 Å². The number of aliphatic carboxylic acids is 1. The summed E-state index contributed by atoms with van der Waals surface area (Å²) in [5, 5.41) is 15.2. The summed E-state index contributed by atoms with van der Waals surface area (Å²) >= 11 is 0. The van der Waals surface area contributed by atoms with Gasteiger partial charge in [-0.05, 0) is 38.0 Å². The largest absolute Gasteiger partial charge is 0.480 e. The maximum absolute atomic E-state index is 12.4. The molecule has 0 amide bonds. The molecule has 0 bridgehead atoms. The molecule has 0 radical (unpaired) electrons. The smallest absolute Gasteiger partial charge is 0.326 e. The maximum atomic E-state index is 12.4. The molecule has 3 rings (SSSR count). The van der Waals surface area contributed by atoms with Crippen molar-refractivity contribution >= 4 is 17.9 Å². The molecule has 1 aromatic rings. The van der Waals surface area contributed by atoms with E-state index >= 15 is 0 Å². The number of carbonyl (C=O) groups excluding carboxylic acids is 1. The fourth-order valence-corrected chi connectivity index (χ4v) is 3.36. The lowest BCUT2D eigenvalue weighted by Crippen LogP contribution is -2.31. The minimum absolute atomic E-state index is 0.248. The Kier molecular flexibility index (Phi) is 8.45. The number of rotatable bonds is 7. The second kappa shape index (κ2) is 11.1. The highest BCUT2D eigenvalue weighted by Crippen LogP contribution is 2.24. The van der Waals surface area contributed by atoms with Gasteiger partial charge in [0.1, 0.15) is 23.8 Å². The number of hydrogen-bond acceptors (Lipinski definition) is 6. The predicted molar refractivity (Wildman–Crippen MR) is 107 cm³/mol. The van der Waals surface area contributed by atoms with Gasteiger partial charge in [-0.1, -0.05) is 25.8 Å². The van der Waals surface area contributed by atoms with Crippen LogP contribution in [0.1, 0.15) is 57.3 Å². The fourth-order valence-electron chi connectivity index (χ4n) is 3.36. The Bertz CT molecular complexity index is 779. The first-order chi connectivity index (χ1) is 13.6. The zero-order valence-electron chi connectivity index (χ0n) is 16.1. The molecule has 152 valence electrons. The van der Waals surface area contributed by atoms with Gasteiger partial charge in [-0.25, -0.2) is 9.78 Å². The third-order valence-corrected chi connectivity index (χ3v) is 4.74. The van der Waals surface area contributed by atoms with Crippen molar-refractivity contribution in [3.63, 3.8) is 0 Å². The number of allylic oxidation sites excluding steroid dienone is 2. The summed E-state index contributed by atoms with van der Waals surface area (Å²) < 4.78 is 1.33. The minimum atomic E-state index is -0.958. The maximum Gasteiger partial charge on any atom is 0.326 e. The molecule has 1 unspecified atom stereocenters. The van der Waals surface area contributed by atoms with Crippen LogP contribution in [-0.4, -0.2) is 33.0 Å². The van der Waals surface area contributed by atoms with Gasteiger partial charge >= 0.3 is 5.97 Å². The van der Waals surface area contributed by atoms with Crippen molar-refractivity contribution in [2.45, 2.75) is 64.0 Å². The molecule has 0 aromatic carbocycles. The van der Waals surface area contributed by atoms with Gasteiger partial charge in [0.2, 0.25) is 0 Å². The average molecular weight is 388 g/mol. The molecule has 0 saturated heterocycles. The number of aryl methyl sites for hydroxylation is 1. The van der Waals surface area contributed by atoms with E-state index in [1.165, 1.54) is 23.5 Å². The molecule has 1 atom stereocenters. The average Bonchev–Trinajstić information content (AvgIpc) is 3.34. The Morgan fingerprint density at radius 1 is 1.32 bits per heavy atom. The van der Waals surface area contributed by atoms with E-state index in [1.807, 2.05) is 13.0 Å². The van der Waals surface area contributed by atoms with E-state index in [4.69, 9.17) is 5.11 Å². The second-order valence-electron chi connectivity index (χ2n) is 6.75. The Labute approximate surface area is 164 Å². The summed E-state index contributed by atoms with van der Waals surface area (Å²) in [6.45, 7) is 2.04. The van der Waals surface area contributed by atoms with Crippen LogP contribution in [-0.2, 0) is 16.0 Å². The zero-order chi connectivity index (χ0) is 20.4. The van der Waals surface area contributed by atoms with Crippen molar-refractivity contribution in [2.24, 2.45) is 0 Å². The number of nitrogens with zero attached hydrogens (tertiary/aromatic N) is 2. The lowest BCUT2D eigenvalue weighted by molar-refractivity contribution is -0.140. The van der Waals surface area contributed by atoms with Crippen LogP contribution in [0.3, 0.4) is 0 Å². The van der Waals surface area contributed by atoms with Gasteiger partial charge in [0.25, 0.3) is 5.56 Å². The lowest BCUT2D eigenvalue weighted by Gasteiger charge is -2.15. The highest BCUT2D eigenvalue weighted by molar-refractivity contribution is 5.72. The van der Waals surface area contributed by atoms with Gasteiger partial charge in [0.15, 0.2) is 0 Å². The molecular formula is C20H28N4O4. The van der Waals surface area contributed by atoms with Crippen molar-refractivity contribution in [1.82, 2.24) is 14.9 Å². The Morgan fingerprint density at radius 2 is 2.07 bits per heavy atom. The van der Waals surface area contributed by atoms with Crippen molar-refractivity contribution in [2.75, 3.05) is 5.32 Å². The molecule has 1 fully saturated rings. The highest BCUT2D eigenvalue weighted by Gasteiger charge is 2.31. The van der Waals surface area contributed by atoms with E-state index in [9.17, 15) is 14.4 Å². The van der Waals surface area contributed by atoms with E-state index in [1.54, 1.807) is 18.6 Å². The predicted octanol–water partition coefficient (Wildman–Crippen LogP) is 2.38. The van der Waals surface area contributed by atoms with Gasteiger partial charge in [0.05, 0.1) is 6.20 Å². The summed E-state index contributed by atoms with van der Waals surface area (Å²) in [6, 6.07) is -0.446. The standard InChI is InChI=1S/C13H17N3O3.C7H11NO/c17-12-9(15-8-3-1-2-4-8)7-14-11-6-5-10(13(18)19)16(11)12;1-2-3-5-8-6-4-7-9/h7-8,10,15H,1-6H2,(H,18,19);3-8H,2H2,1H3/b;5-3+,6-4-. The van der Waals surface area contributed by atoms with Gasteiger partial charge < -0.3 is 15.7 Å². The van der Waals surface area contributed by atoms with Crippen molar-refractivity contribution in [1.29, 1.82) is 0 Å². The third kappa shape index (κ3) is 5.80. The van der Waals surface area contributed by atoms with Gasteiger partial charge in [-0.15, -0.1) is 0 Å². The van der Waals surface area contributed by atoms with Crippen LogP contribution < -0.4 is 16.2 Å². The Balaban J connectivity index is 0.000000266. The number of carbonyl (C=O) groups is 2. The lowest BCUT2D eigenvalue weighted by atomic mass is 10.2. The molecule has 1 aliphatic heterocycles. The van der Waals surface area contributed by atoms with Crippen LogP contribution in [0.15, 0.2) is 35.5 Å². The molecule has 8 heteroatoms. The van der Waals surface area contributed by atoms with Gasteiger partial charge in [-0.3, -0.25) is 14.2 Å². The zero-order valence-corrected chi connectivity index (χ0v) is 16.1. The first-order valence-electron chi connectivity index (χ1n) is 9.69.